The van der Waals surface area contributed by atoms with E-state index in [1.807, 2.05) is 6.07 Å². The molecule has 0 saturated heterocycles. The molecule has 0 spiro atoms. The van der Waals surface area contributed by atoms with E-state index >= 15 is 0 Å². The average Bonchev–Trinajstić information content (AvgIpc) is 2.77. The van der Waals surface area contributed by atoms with Gasteiger partial charge in [0.2, 0.25) is 0 Å². The molecule has 0 atom stereocenters. The number of hydrogen-bond acceptors (Lipinski definition) is 2. The summed E-state index contributed by atoms with van der Waals surface area (Å²) in [5.41, 5.74) is 1.41. The summed E-state index contributed by atoms with van der Waals surface area (Å²) in [4.78, 5) is 0. The minimum absolute atomic E-state index is 1.14. The number of H-pyrrole nitrogens is 1. The van der Waals surface area contributed by atoms with E-state index in [4.69, 9.17) is 0 Å². The zero-order chi connectivity index (χ0) is 9.36. The lowest BCUT2D eigenvalue weighted by atomic mass is 10.2. The van der Waals surface area contributed by atoms with Crippen molar-refractivity contribution in [2.45, 2.75) is 13.3 Å². The fourth-order valence-electron chi connectivity index (χ4n) is 0.880. The van der Waals surface area contributed by atoms with Crippen LogP contribution in [0.25, 0.3) is 0 Å². The highest BCUT2D eigenvalue weighted by Gasteiger charge is 1.79. The van der Waals surface area contributed by atoms with Crippen LogP contribution in [0.2, 0.25) is 0 Å². The van der Waals surface area contributed by atoms with Crippen LogP contribution in [0.4, 0.5) is 0 Å². The van der Waals surface area contributed by atoms with Gasteiger partial charge in [-0.25, -0.2) is 0 Å². The molecule has 1 aromatic heterocycles. The first kappa shape index (κ1) is 9.45. The van der Waals surface area contributed by atoms with Crippen LogP contribution >= 0.6 is 0 Å². The molecule has 13 heavy (non-hydrogen) atoms. The van der Waals surface area contributed by atoms with Crippen molar-refractivity contribution in [3.63, 3.8) is 0 Å². The minimum Gasteiger partial charge on any atom is -0.266 e. The van der Waals surface area contributed by atoms with E-state index in [-0.39, 0.29) is 0 Å². The van der Waals surface area contributed by atoms with Crippen LogP contribution < -0.4 is 0 Å². The van der Waals surface area contributed by atoms with Crippen molar-refractivity contribution in [3.8, 4) is 0 Å². The van der Waals surface area contributed by atoms with Gasteiger partial charge in [-0.3, -0.25) is 5.10 Å². The summed E-state index contributed by atoms with van der Waals surface area (Å²) >= 11 is 0. The maximum absolute atomic E-state index is 3.42. The number of aromatic nitrogens is 3. The normalized spacial score (nSPS) is 8.69. The lowest BCUT2D eigenvalue weighted by molar-refractivity contribution is 0.940. The number of benzene rings is 1. The van der Waals surface area contributed by atoms with Gasteiger partial charge in [-0.05, 0) is 12.0 Å². The first-order valence-electron chi connectivity index (χ1n) is 4.28. The molecule has 0 aliphatic carbocycles. The molecule has 0 aliphatic heterocycles. The first-order chi connectivity index (χ1) is 6.43. The first-order valence-corrected chi connectivity index (χ1v) is 4.28. The molecule has 0 bridgehead atoms. The van der Waals surface area contributed by atoms with Crippen molar-refractivity contribution in [1.82, 2.24) is 15.4 Å². The third-order valence-electron chi connectivity index (χ3n) is 1.58. The highest BCUT2D eigenvalue weighted by molar-refractivity contribution is 5.13. The van der Waals surface area contributed by atoms with E-state index in [9.17, 15) is 0 Å². The van der Waals surface area contributed by atoms with Crippen LogP contribution in [0, 0.1) is 0 Å². The molecule has 3 nitrogen and oxygen atoms in total. The second-order valence-electron chi connectivity index (χ2n) is 2.50. The van der Waals surface area contributed by atoms with E-state index in [1.54, 1.807) is 12.4 Å². The number of nitrogens with one attached hydrogen (secondary N) is 1. The molecule has 2 aromatic rings. The minimum atomic E-state index is 1.14. The standard InChI is InChI=1S/C8H10.C2H3N3/c1-2-8-6-4-3-5-7-8;1-2-4-5-3-1/h3-7H,2H2,1H3;1-2H,(H,3,4,5). The van der Waals surface area contributed by atoms with Crippen LogP contribution in [-0.2, 0) is 6.42 Å². The van der Waals surface area contributed by atoms with E-state index < -0.39 is 0 Å². The molecule has 1 N–H and O–H groups in total. The summed E-state index contributed by atoms with van der Waals surface area (Å²) in [6.45, 7) is 2.16. The Hall–Kier alpha value is -1.64. The summed E-state index contributed by atoms with van der Waals surface area (Å²) in [6, 6.07) is 10.5. The lowest BCUT2D eigenvalue weighted by Crippen LogP contribution is -1.73. The molecular formula is C10H13N3. The fourth-order valence-corrected chi connectivity index (χ4v) is 0.880. The zero-order valence-corrected chi connectivity index (χ0v) is 7.64. The highest BCUT2D eigenvalue weighted by atomic mass is 15.3. The Morgan fingerprint density at radius 1 is 1.23 bits per heavy atom. The van der Waals surface area contributed by atoms with Crippen molar-refractivity contribution >= 4 is 0 Å². The Bertz CT molecular complexity index is 272. The molecule has 3 heteroatoms. The maximum Gasteiger partial charge on any atom is 0.0690 e. The topological polar surface area (TPSA) is 41.6 Å². The van der Waals surface area contributed by atoms with Gasteiger partial charge in [-0.15, -0.1) is 5.10 Å². The molecule has 2 rings (SSSR count). The van der Waals surface area contributed by atoms with Crippen LogP contribution in [0.5, 0.6) is 0 Å². The van der Waals surface area contributed by atoms with E-state index in [1.165, 1.54) is 5.56 Å². The molecule has 1 heterocycles. The molecule has 0 amide bonds. The number of nitrogens with zero attached hydrogens (tertiary/aromatic N) is 2. The molecule has 68 valence electrons. The van der Waals surface area contributed by atoms with E-state index in [0.29, 0.717) is 0 Å². The van der Waals surface area contributed by atoms with E-state index in [2.05, 4.69) is 46.6 Å². The van der Waals surface area contributed by atoms with Crippen LogP contribution in [-0.4, -0.2) is 15.4 Å². The second kappa shape index (κ2) is 5.94. The SMILES string of the molecule is CCc1ccccc1.c1c[nH]nn1. The Kier molecular flexibility index (Phi) is 4.32. The zero-order valence-electron chi connectivity index (χ0n) is 7.64. The molecule has 0 unspecified atom stereocenters. The van der Waals surface area contributed by atoms with Gasteiger partial charge in [-0.2, -0.15) is 0 Å². The Labute approximate surface area is 77.8 Å². The van der Waals surface area contributed by atoms with Crippen molar-refractivity contribution < 1.29 is 0 Å². The number of rotatable bonds is 1. The van der Waals surface area contributed by atoms with E-state index in [0.717, 1.165) is 6.42 Å². The summed E-state index contributed by atoms with van der Waals surface area (Å²) < 4.78 is 0. The van der Waals surface area contributed by atoms with Gasteiger partial charge in [0.05, 0.1) is 6.20 Å². The largest absolute Gasteiger partial charge is 0.266 e. The Balaban J connectivity index is 0.000000145. The van der Waals surface area contributed by atoms with Crippen molar-refractivity contribution in [3.05, 3.63) is 48.3 Å². The van der Waals surface area contributed by atoms with Gasteiger partial charge >= 0.3 is 0 Å². The molecular weight excluding hydrogens is 162 g/mol. The monoisotopic (exact) mass is 175 g/mol. The van der Waals surface area contributed by atoms with Gasteiger partial charge in [0.25, 0.3) is 0 Å². The van der Waals surface area contributed by atoms with Gasteiger partial charge in [0.1, 0.15) is 0 Å². The molecule has 1 aromatic carbocycles. The van der Waals surface area contributed by atoms with Crippen molar-refractivity contribution in [2.75, 3.05) is 0 Å². The average molecular weight is 175 g/mol. The summed E-state index contributed by atoms with van der Waals surface area (Å²) in [5, 5.41) is 9.26. The predicted molar refractivity (Wildman–Crippen MR) is 52.2 cm³/mol. The Morgan fingerprint density at radius 3 is 2.31 bits per heavy atom. The molecule has 0 fully saturated rings. The second-order valence-corrected chi connectivity index (χ2v) is 2.50. The van der Waals surface area contributed by atoms with Crippen LogP contribution in [0.3, 0.4) is 0 Å². The summed E-state index contributed by atoms with van der Waals surface area (Å²) in [7, 11) is 0. The molecule has 0 radical (unpaired) electrons. The van der Waals surface area contributed by atoms with Gasteiger partial charge in [0, 0.05) is 6.20 Å². The van der Waals surface area contributed by atoms with Gasteiger partial charge in [-0.1, -0.05) is 42.5 Å². The number of hydrogen-bond donors (Lipinski definition) is 1. The van der Waals surface area contributed by atoms with Crippen molar-refractivity contribution in [2.24, 2.45) is 0 Å². The number of aryl methyl sites for hydroxylation is 1. The van der Waals surface area contributed by atoms with Gasteiger partial charge < -0.3 is 0 Å². The molecule has 0 saturated carbocycles. The predicted octanol–water partition coefficient (Wildman–Crippen LogP) is 2.05. The smallest absolute Gasteiger partial charge is 0.0690 e. The summed E-state index contributed by atoms with van der Waals surface area (Å²) in [5.74, 6) is 0. The third kappa shape index (κ3) is 4.06. The van der Waals surface area contributed by atoms with Gasteiger partial charge in [0.15, 0.2) is 0 Å². The lowest BCUT2D eigenvalue weighted by Gasteiger charge is -1.89. The fraction of sp³-hybridized carbons (Fsp3) is 0.200. The van der Waals surface area contributed by atoms with Crippen LogP contribution in [0.1, 0.15) is 12.5 Å². The van der Waals surface area contributed by atoms with Crippen LogP contribution in [0.15, 0.2) is 42.7 Å². The highest BCUT2D eigenvalue weighted by Crippen LogP contribution is 1.96. The van der Waals surface area contributed by atoms with Crippen molar-refractivity contribution in [1.29, 1.82) is 0 Å². The maximum atomic E-state index is 3.42. The third-order valence-corrected chi connectivity index (χ3v) is 1.58. The quantitative estimate of drug-likeness (QED) is 0.720. The summed E-state index contributed by atoms with van der Waals surface area (Å²) in [6.07, 6.45) is 4.38. The molecule has 0 aliphatic rings. The Morgan fingerprint density at radius 2 is 2.00 bits per heavy atom. The number of aromatic amines is 1.